The van der Waals surface area contributed by atoms with Crippen molar-refractivity contribution in [2.45, 2.75) is 25.0 Å². The zero-order valence-corrected chi connectivity index (χ0v) is 21.1. The van der Waals surface area contributed by atoms with E-state index < -0.39 is 38.2 Å². The van der Waals surface area contributed by atoms with Gasteiger partial charge in [-0.05, 0) is 35.6 Å². The number of hydroxylamine groups is 1. The van der Waals surface area contributed by atoms with Gasteiger partial charge in [-0.25, -0.2) is 19.7 Å². The minimum absolute atomic E-state index is 0.0995. The van der Waals surface area contributed by atoms with Gasteiger partial charge in [-0.1, -0.05) is 68.5 Å². The van der Waals surface area contributed by atoms with E-state index in [-0.39, 0.29) is 17.9 Å². The number of amides is 2. The summed E-state index contributed by atoms with van der Waals surface area (Å²) < 4.78 is 30.5. The van der Waals surface area contributed by atoms with Crippen LogP contribution in [0.15, 0.2) is 60.7 Å². The second-order valence-electron chi connectivity index (χ2n) is 8.74. The first-order valence-electron chi connectivity index (χ1n) is 11.0. The molecule has 0 aliphatic rings. The zero-order chi connectivity index (χ0) is 26.2. The monoisotopic (exact) mass is 503 g/mol. The average Bonchev–Trinajstić information content (AvgIpc) is 2.84. The molecule has 35 heavy (non-hydrogen) atoms. The van der Waals surface area contributed by atoms with Gasteiger partial charge >= 0.3 is 0 Å². The molecule has 3 atom stereocenters. The van der Waals surface area contributed by atoms with Crippen molar-refractivity contribution >= 4 is 27.7 Å². The van der Waals surface area contributed by atoms with Crippen LogP contribution in [0.4, 0.5) is 0 Å². The molecule has 0 fully saturated rings. The largest absolute Gasteiger partial charge is 0.497 e. The van der Waals surface area contributed by atoms with Crippen molar-refractivity contribution < 1.29 is 28.0 Å². The molecule has 0 saturated heterocycles. The minimum Gasteiger partial charge on any atom is -0.497 e. The highest BCUT2D eigenvalue weighted by atomic mass is 32.2. The third-order valence-electron chi connectivity index (χ3n) is 5.94. The molecule has 2 rings (SSSR count). The first-order valence-corrected chi connectivity index (χ1v) is 12.9. The van der Waals surface area contributed by atoms with Crippen LogP contribution in [0.25, 0.3) is 6.08 Å². The Morgan fingerprint density at radius 3 is 2.14 bits per heavy atom. The van der Waals surface area contributed by atoms with Crippen LogP contribution in [0.2, 0.25) is 0 Å². The predicted octanol–water partition coefficient (Wildman–Crippen LogP) is 2.42. The Hall–Kier alpha value is -3.21. The highest BCUT2D eigenvalue weighted by Crippen LogP contribution is 2.45. The van der Waals surface area contributed by atoms with Crippen molar-refractivity contribution in [1.29, 1.82) is 0 Å². The molecule has 10 heteroatoms. The molecule has 0 aromatic heterocycles. The van der Waals surface area contributed by atoms with Crippen LogP contribution in [0.1, 0.15) is 31.4 Å². The molecule has 5 N–H and O–H groups in total. The van der Waals surface area contributed by atoms with Gasteiger partial charge in [0, 0.05) is 6.26 Å². The molecule has 0 radical (unpaired) electrons. The first kappa shape index (κ1) is 28.0. The number of sulfone groups is 1. The number of hydrogen-bond donors (Lipinski definition) is 4. The second kappa shape index (κ2) is 12.0. The molecule has 9 nitrogen and oxygen atoms in total. The van der Waals surface area contributed by atoms with Crippen LogP contribution < -0.4 is 21.5 Å². The van der Waals surface area contributed by atoms with Gasteiger partial charge in [0.05, 0.1) is 18.9 Å². The van der Waals surface area contributed by atoms with Crippen molar-refractivity contribution in [2.24, 2.45) is 23.6 Å². The standard InChI is InChI=1S/C25H33N3O6S/c1-17(2)16-21(23(29)27-26)22(24(30)28-31)25(35(4,32)33,15-14-18-8-6-5-7-9-18)19-10-12-20(34-3)13-11-19/h5-15,17,21-22,31H,16,26H2,1-4H3,(H,27,29)(H,28,30)/b15-14+/t21-,22+,25?/m1/s1. The third kappa shape index (κ3) is 6.27. The normalized spacial score (nSPS) is 15.3. The van der Waals surface area contributed by atoms with E-state index >= 15 is 0 Å². The molecular weight excluding hydrogens is 470 g/mol. The fourth-order valence-electron chi connectivity index (χ4n) is 4.34. The molecule has 2 aromatic carbocycles. The number of methoxy groups -OCH3 is 1. The summed E-state index contributed by atoms with van der Waals surface area (Å²) in [6.45, 7) is 3.67. The van der Waals surface area contributed by atoms with Gasteiger partial charge < -0.3 is 4.74 Å². The summed E-state index contributed by atoms with van der Waals surface area (Å²) in [4.78, 5) is 26.2. The van der Waals surface area contributed by atoms with E-state index in [2.05, 4.69) is 5.43 Å². The molecule has 0 spiro atoms. The molecule has 0 aliphatic heterocycles. The fraction of sp³-hybridized carbons (Fsp3) is 0.360. The molecule has 2 amide bonds. The SMILES string of the molecule is COc1ccc(C(/C=C/c2ccccc2)([C@H](C(=O)NO)[C@@H](CC(C)C)C(=O)NN)S(C)(=O)=O)cc1. The summed E-state index contributed by atoms with van der Waals surface area (Å²) in [7, 11) is -2.69. The Labute approximate surface area is 206 Å². The molecule has 0 aliphatic carbocycles. The Kier molecular flexibility index (Phi) is 9.58. The van der Waals surface area contributed by atoms with Crippen LogP contribution >= 0.6 is 0 Å². The van der Waals surface area contributed by atoms with E-state index in [9.17, 15) is 23.2 Å². The maximum Gasteiger partial charge on any atom is 0.249 e. The zero-order valence-electron chi connectivity index (χ0n) is 20.3. The lowest BCUT2D eigenvalue weighted by molar-refractivity contribution is -0.142. The number of nitrogens with two attached hydrogens (primary N) is 1. The number of rotatable bonds is 11. The Morgan fingerprint density at radius 2 is 1.69 bits per heavy atom. The van der Waals surface area contributed by atoms with Gasteiger partial charge in [0.2, 0.25) is 11.8 Å². The first-order chi connectivity index (χ1) is 16.5. The number of ether oxygens (including phenoxy) is 1. The summed E-state index contributed by atoms with van der Waals surface area (Å²) in [6.07, 6.45) is 4.11. The number of hydrazine groups is 1. The molecule has 1 unspecified atom stereocenters. The molecule has 0 bridgehead atoms. The second-order valence-corrected chi connectivity index (χ2v) is 11.0. The predicted molar refractivity (Wildman–Crippen MR) is 134 cm³/mol. The van der Waals surface area contributed by atoms with Gasteiger partial charge in [-0.2, -0.15) is 0 Å². The lowest BCUT2D eigenvalue weighted by Crippen LogP contribution is -2.55. The molecular formula is C25H33N3O6S. The van der Waals surface area contributed by atoms with Crippen LogP contribution in [0.5, 0.6) is 5.75 Å². The maximum absolute atomic E-state index is 13.7. The minimum atomic E-state index is -4.17. The van der Waals surface area contributed by atoms with Crippen LogP contribution in [-0.4, -0.2) is 38.8 Å². The number of nitrogens with one attached hydrogen (secondary N) is 2. The maximum atomic E-state index is 13.7. The van der Waals surface area contributed by atoms with Gasteiger partial charge in [0.1, 0.15) is 10.5 Å². The average molecular weight is 504 g/mol. The summed E-state index contributed by atoms with van der Waals surface area (Å²) in [6, 6.07) is 15.1. The Balaban J connectivity index is 2.98. The number of carbonyl (C=O) groups is 2. The summed E-state index contributed by atoms with van der Waals surface area (Å²) in [5, 5.41) is 9.68. The van der Waals surface area contributed by atoms with Crippen LogP contribution in [0.3, 0.4) is 0 Å². The summed E-state index contributed by atoms with van der Waals surface area (Å²) >= 11 is 0. The van der Waals surface area contributed by atoms with Crippen molar-refractivity contribution in [2.75, 3.05) is 13.4 Å². The van der Waals surface area contributed by atoms with Gasteiger partial charge in [0.25, 0.3) is 0 Å². The lowest BCUT2D eigenvalue weighted by Gasteiger charge is -2.40. The van der Waals surface area contributed by atoms with E-state index in [1.807, 2.05) is 19.9 Å². The topological polar surface area (TPSA) is 148 Å². The number of benzene rings is 2. The van der Waals surface area contributed by atoms with E-state index in [0.717, 1.165) is 6.26 Å². The number of hydrogen-bond acceptors (Lipinski definition) is 7. The highest BCUT2D eigenvalue weighted by molar-refractivity contribution is 7.91. The van der Waals surface area contributed by atoms with Crippen LogP contribution in [0, 0.1) is 17.8 Å². The van der Waals surface area contributed by atoms with Gasteiger partial charge in [-0.15, -0.1) is 0 Å². The molecule has 0 saturated carbocycles. The molecule has 2 aromatic rings. The van der Waals surface area contributed by atoms with Crippen molar-refractivity contribution in [3.8, 4) is 5.75 Å². The van der Waals surface area contributed by atoms with Crippen molar-refractivity contribution in [1.82, 2.24) is 10.9 Å². The van der Waals surface area contributed by atoms with Gasteiger partial charge in [0.15, 0.2) is 9.84 Å². The quantitative estimate of drug-likeness (QED) is 0.159. The highest BCUT2D eigenvalue weighted by Gasteiger charge is 2.55. The third-order valence-corrected chi connectivity index (χ3v) is 7.79. The van der Waals surface area contributed by atoms with Gasteiger partial charge in [-0.3, -0.25) is 20.2 Å². The fourth-order valence-corrected chi connectivity index (χ4v) is 5.95. The molecule has 190 valence electrons. The van der Waals surface area contributed by atoms with E-state index in [4.69, 9.17) is 10.6 Å². The lowest BCUT2D eigenvalue weighted by atomic mass is 9.72. The Bertz CT molecular complexity index is 1130. The van der Waals surface area contributed by atoms with Crippen LogP contribution in [-0.2, 0) is 24.2 Å². The van der Waals surface area contributed by atoms with E-state index in [1.165, 1.54) is 25.3 Å². The number of carbonyl (C=O) groups excluding carboxylic acids is 2. The summed E-state index contributed by atoms with van der Waals surface area (Å²) in [5.41, 5.74) is 4.54. The summed E-state index contributed by atoms with van der Waals surface area (Å²) in [5.74, 6) is 1.31. The van der Waals surface area contributed by atoms with E-state index in [0.29, 0.717) is 11.3 Å². The van der Waals surface area contributed by atoms with Crippen molar-refractivity contribution in [3.63, 3.8) is 0 Å². The van der Waals surface area contributed by atoms with E-state index in [1.54, 1.807) is 48.0 Å². The van der Waals surface area contributed by atoms with Crippen molar-refractivity contribution in [3.05, 3.63) is 71.8 Å². The smallest absolute Gasteiger partial charge is 0.249 e. The Morgan fingerprint density at radius 1 is 1.09 bits per heavy atom. The molecule has 0 heterocycles.